The van der Waals surface area contributed by atoms with Gasteiger partial charge in [-0.05, 0) is 17.7 Å². The maximum atomic E-state index is 12.4. The molecule has 0 N–H and O–H groups in total. The number of urea groups is 1. The average molecular weight is 411 g/mol. The molecule has 1 aromatic rings. The number of nitrogens with zero attached hydrogens (tertiary/aromatic N) is 3. The molecule has 0 spiro atoms. The van der Waals surface area contributed by atoms with Gasteiger partial charge in [0.15, 0.2) is 11.5 Å². The molecule has 5 amide bonds. The molecule has 1 heterocycles. The minimum atomic E-state index is -3.02. The minimum Gasteiger partial charge on any atom is -0.493 e. The maximum absolute atomic E-state index is 12.4. The van der Waals surface area contributed by atoms with Crippen molar-refractivity contribution in [3.8, 4) is 11.5 Å². The van der Waals surface area contributed by atoms with Gasteiger partial charge in [-0.2, -0.15) is 8.78 Å². The highest BCUT2D eigenvalue weighted by Crippen LogP contribution is 2.29. The highest BCUT2D eigenvalue weighted by atomic mass is 19.3. The van der Waals surface area contributed by atoms with Crippen LogP contribution in [0, 0.1) is 0 Å². The number of hydrogen-bond donors (Lipinski definition) is 0. The van der Waals surface area contributed by atoms with E-state index in [0.717, 1.165) is 0 Å². The van der Waals surface area contributed by atoms with Crippen LogP contribution in [-0.2, 0) is 20.9 Å². The zero-order valence-electron chi connectivity index (χ0n) is 15.8. The fourth-order valence-electron chi connectivity index (χ4n) is 2.60. The van der Waals surface area contributed by atoms with Crippen molar-refractivity contribution < 1.29 is 37.4 Å². The fraction of sp³-hybridized carbons (Fsp3) is 0.333. The van der Waals surface area contributed by atoms with Crippen molar-refractivity contribution in [2.24, 2.45) is 0 Å². The molecule has 0 saturated carbocycles. The van der Waals surface area contributed by atoms with Crippen LogP contribution < -0.4 is 9.47 Å². The van der Waals surface area contributed by atoms with Crippen LogP contribution in [0.5, 0.6) is 11.5 Å². The fourth-order valence-corrected chi connectivity index (χ4v) is 2.60. The molecular formula is C18H19F2N3O6. The molecule has 1 saturated heterocycles. The number of benzene rings is 1. The number of amides is 5. The van der Waals surface area contributed by atoms with E-state index < -0.39 is 36.9 Å². The van der Waals surface area contributed by atoms with Gasteiger partial charge >= 0.3 is 24.5 Å². The third-order valence-corrected chi connectivity index (χ3v) is 4.03. The Bertz CT molecular complexity index is 845. The Labute approximate surface area is 165 Å². The van der Waals surface area contributed by atoms with E-state index in [4.69, 9.17) is 4.74 Å². The Morgan fingerprint density at radius 3 is 2.45 bits per heavy atom. The second kappa shape index (κ2) is 9.13. The summed E-state index contributed by atoms with van der Waals surface area (Å²) in [5.74, 6) is -2.82. The summed E-state index contributed by atoms with van der Waals surface area (Å²) in [7, 11) is 2.70. The normalized spacial score (nSPS) is 13.9. The van der Waals surface area contributed by atoms with Gasteiger partial charge in [0.25, 0.3) is 0 Å². The number of methoxy groups -OCH3 is 1. The van der Waals surface area contributed by atoms with Gasteiger partial charge < -0.3 is 14.4 Å². The first-order valence-corrected chi connectivity index (χ1v) is 8.33. The summed E-state index contributed by atoms with van der Waals surface area (Å²) in [6.45, 7) is -0.336. The monoisotopic (exact) mass is 411 g/mol. The number of carbonyl (C=O) groups excluding carboxylic acids is 4. The van der Waals surface area contributed by atoms with Crippen LogP contribution >= 0.6 is 0 Å². The Morgan fingerprint density at radius 2 is 1.86 bits per heavy atom. The number of hydrogen-bond acceptors (Lipinski definition) is 6. The van der Waals surface area contributed by atoms with Gasteiger partial charge in [0.2, 0.25) is 5.91 Å². The molecule has 1 fully saturated rings. The second-order valence-corrected chi connectivity index (χ2v) is 5.99. The number of likely N-dealkylation sites (N-methyl/N-ethyl adjacent to an activating group) is 1. The van der Waals surface area contributed by atoms with Crippen LogP contribution in [-0.4, -0.2) is 72.3 Å². The van der Waals surface area contributed by atoms with Gasteiger partial charge in [0.1, 0.15) is 6.54 Å². The van der Waals surface area contributed by atoms with E-state index >= 15 is 0 Å². The summed E-state index contributed by atoms with van der Waals surface area (Å²) in [5, 5.41) is 0. The maximum Gasteiger partial charge on any atom is 0.387 e. The predicted molar refractivity (Wildman–Crippen MR) is 95.1 cm³/mol. The summed E-state index contributed by atoms with van der Waals surface area (Å²) >= 11 is 0. The van der Waals surface area contributed by atoms with Crippen molar-refractivity contribution in [1.29, 1.82) is 0 Å². The molecule has 2 rings (SSSR count). The number of imide groups is 2. The molecule has 0 bridgehead atoms. The molecule has 0 aromatic heterocycles. The van der Waals surface area contributed by atoms with Crippen LogP contribution in [0.3, 0.4) is 0 Å². The topological polar surface area (TPSA) is 96.5 Å². The Morgan fingerprint density at radius 1 is 1.21 bits per heavy atom. The number of halogens is 2. The summed E-state index contributed by atoms with van der Waals surface area (Å²) in [6, 6.07) is 3.27. The second-order valence-electron chi connectivity index (χ2n) is 5.99. The average Bonchev–Trinajstić information content (AvgIpc) is 2.87. The Kier molecular flexibility index (Phi) is 6.86. The smallest absolute Gasteiger partial charge is 0.387 e. The molecule has 156 valence electrons. The van der Waals surface area contributed by atoms with E-state index in [2.05, 4.69) is 11.3 Å². The van der Waals surface area contributed by atoms with Crippen molar-refractivity contribution in [3.05, 3.63) is 36.4 Å². The summed E-state index contributed by atoms with van der Waals surface area (Å²) in [4.78, 5) is 50.8. The Hall–Kier alpha value is -3.50. The molecule has 1 aliphatic heterocycles. The lowest BCUT2D eigenvalue weighted by Gasteiger charge is -2.21. The number of rotatable bonds is 9. The first-order valence-electron chi connectivity index (χ1n) is 8.33. The molecule has 0 atom stereocenters. The number of ether oxygens (including phenoxy) is 2. The Balaban J connectivity index is 2.06. The van der Waals surface area contributed by atoms with Gasteiger partial charge in [-0.1, -0.05) is 12.1 Å². The molecule has 0 unspecified atom stereocenters. The summed E-state index contributed by atoms with van der Waals surface area (Å²) < 4.78 is 34.1. The van der Waals surface area contributed by atoms with Crippen molar-refractivity contribution in [3.63, 3.8) is 0 Å². The van der Waals surface area contributed by atoms with Gasteiger partial charge in [-0.3, -0.25) is 19.3 Å². The summed E-state index contributed by atoms with van der Waals surface area (Å²) in [6.07, 6.45) is 1.29. The SMILES string of the molecule is C=CCN1C(=O)C(=O)N(CC(=O)N(C)Cc2ccc(OC(F)F)c(OC)c2)C1=O. The molecular weight excluding hydrogens is 392 g/mol. The largest absolute Gasteiger partial charge is 0.493 e. The lowest BCUT2D eigenvalue weighted by Crippen LogP contribution is -2.42. The quantitative estimate of drug-likeness (QED) is 0.345. The third kappa shape index (κ3) is 4.86. The van der Waals surface area contributed by atoms with Gasteiger partial charge in [0.05, 0.1) is 7.11 Å². The van der Waals surface area contributed by atoms with E-state index in [9.17, 15) is 28.0 Å². The van der Waals surface area contributed by atoms with Crippen molar-refractivity contribution >= 4 is 23.8 Å². The van der Waals surface area contributed by atoms with E-state index in [-0.39, 0.29) is 24.6 Å². The molecule has 1 aromatic carbocycles. The lowest BCUT2D eigenvalue weighted by atomic mass is 10.2. The zero-order valence-corrected chi connectivity index (χ0v) is 15.8. The molecule has 9 nitrogen and oxygen atoms in total. The van der Waals surface area contributed by atoms with Crippen LogP contribution in [0.4, 0.5) is 13.6 Å². The standard InChI is InChI=1S/C18H19F2N3O6/c1-4-7-22-15(25)16(26)23(18(22)27)10-14(24)21(2)9-11-5-6-12(29-17(19)20)13(8-11)28-3/h4-6,8,17H,1,7,9-10H2,2-3H3. The first kappa shape index (κ1) is 21.8. The lowest BCUT2D eigenvalue weighted by molar-refractivity contribution is -0.144. The molecule has 29 heavy (non-hydrogen) atoms. The predicted octanol–water partition coefficient (Wildman–Crippen LogP) is 1.23. The van der Waals surface area contributed by atoms with Gasteiger partial charge in [-0.15, -0.1) is 6.58 Å². The minimum absolute atomic E-state index is 0.0324. The van der Waals surface area contributed by atoms with Crippen LogP contribution in [0.25, 0.3) is 0 Å². The highest BCUT2D eigenvalue weighted by molar-refractivity contribution is 6.45. The first-order chi connectivity index (χ1) is 13.7. The van der Waals surface area contributed by atoms with E-state index in [0.29, 0.717) is 15.4 Å². The van der Waals surface area contributed by atoms with Gasteiger partial charge in [-0.25, -0.2) is 9.69 Å². The third-order valence-electron chi connectivity index (χ3n) is 4.03. The van der Waals surface area contributed by atoms with E-state index in [1.807, 2.05) is 0 Å². The number of carbonyl (C=O) groups is 4. The van der Waals surface area contributed by atoms with Crippen molar-refractivity contribution in [1.82, 2.24) is 14.7 Å². The van der Waals surface area contributed by atoms with Crippen LogP contribution in [0.15, 0.2) is 30.9 Å². The van der Waals surface area contributed by atoms with E-state index in [1.165, 1.54) is 43.3 Å². The van der Waals surface area contributed by atoms with Crippen molar-refractivity contribution in [2.45, 2.75) is 13.2 Å². The molecule has 1 aliphatic rings. The molecule has 0 radical (unpaired) electrons. The number of alkyl halides is 2. The highest BCUT2D eigenvalue weighted by Gasteiger charge is 2.44. The zero-order chi connectivity index (χ0) is 21.7. The van der Waals surface area contributed by atoms with Crippen LogP contribution in [0.2, 0.25) is 0 Å². The van der Waals surface area contributed by atoms with E-state index in [1.54, 1.807) is 0 Å². The molecule has 11 heteroatoms. The molecule has 0 aliphatic carbocycles. The van der Waals surface area contributed by atoms with Crippen LogP contribution in [0.1, 0.15) is 5.56 Å². The van der Waals surface area contributed by atoms with Gasteiger partial charge in [0, 0.05) is 20.1 Å². The summed E-state index contributed by atoms with van der Waals surface area (Å²) in [5.41, 5.74) is 0.530. The van der Waals surface area contributed by atoms with Crippen molar-refractivity contribution in [2.75, 3.05) is 27.2 Å².